The van der Waals surface area contributed by atoms with Crippen LogP contribution in [0.15, 0.2) is 24.8 Å². The molecule has 0 bridgehead atoms. The SMILES string of the molecule is CC(C)SN1C=CN(SC(C)C)C=C1. The lowest BCUT2D eigenvalue weighted by Crippen LogP contribution is -2.13. The van der Waals surface area contributed by atoms with Gasteiger partial charge in [0.05, 0.1) is 0 Å². The first-order chi connectivity index (χ1) is 6.58. The van der Waals surface area contributed by atoms with Gasteiger partial charge in [0.1, 0.15) is 0 Å². The van der Waals surface area contributed by atoms with E-state index < -0.39 is 0 Å². The van der Waals surface area contributed by atoms with Crippen molar-refractivity contribution >= 4 is 23.9 Å². The number of rotatable bonds is 4. The van der Waals surface area contributed by atoms with Crippen molar-refractivity contribution in [2.45, 2.75) is 38.2 Å². The van der Waals surface area contributed by atoms with Crippen LogP contribution in [0, 0.1) is 0 Å². The largest absolute Gasteiger partial charge is 0.296 e. The Hall–Kier alpha value is -0.220. The van der Waals surface area contributed by atoms with Crippen LogP contribution in [0.3, 0.4) is 0 Å². The molecule has 0 aromatic carbocycles. The van der Waals surface area contributed by atoms with Crippen LogP contribution < -0.4 is 0 Å². The van der Waals surface area contributed by atoms with Gasteiger partial charge in [-0.25, -0.2) is 0 Å². The molecule has 0 fully saturated rings. The van der Waals surface area contributed by atoms with Gasteiger partial charge in [-0.3, -0.25) is 8.61 Å². The lowest BCUT2D eigenvalue weighted by Gasteiger charge is -2.25. The van der Waals surface area contributed by atoms with E-state index in [4.69, 9.17) is 0 Å². The van der Waals surface area contributed by atoms with E-state index in [0.29, 0.717) is 10.5 Å². The fourth-order valence-corrected chi connectivity index (χ4v) is 2.46. The number of hydrogen-bond donors (Lipinski definition) is 0. The second kappa shape index (κ2) is 5.61. The van der Waals surface area contributed by atoms with Crippen LogP contribution in [0.4, 0.5) is 0 Å². The second-order valence-corrected chi connectivity index (χ2v) is 6.77. The van der Waals surface area contributed by atoms with Crippen molar-refractivity contribution in [2.24, 2.45) is 0 Å². The van der Waals surface area contributed by atoms with E-state index in [1.165, 1.54) is 0 Å². The lowest BCUT2D eigenvalue weighted by molar-refractivity contribution is 0.712. The molecule has 1 aliphatic rings. The Morgan fingerprint density at radius 1 is 0.714 bits per heavy atom. The highest BCUT2D eigenvalue weighted by Gasteiger charge is 2.07. The number of nitrogens with zero attached hydrogens (tertiary/aromatic N) is 2. The van der Waals surface area contributed by atoms with Gasteiger partial charge >= 0.3 is 0 Å². The van der Waals surface area contributed by atoms with Crippen LogP contribution >= 0.6 is 23.9 Å². The molecule has 0 unspecified atom stereocenters. The van der Waals surface area contributed by atoms with Crippen LogP contribution in [0.2, 0.25) is 0 Å². The molecule has 1 heterocycles. The molecule has 0 radical (unpaired) electrons. The molecule has 1 aliphatic heterocycles. The Balaban J connectivity index is 2.36. The van der Waals surface area contributed by atoms with Crippen molar-refractivity contribution in [3.05, 3.63) is 24.8 Å². The normalized spacial score (nSPS) is 16.1. The van der Waals surface area contributed by atoms with E-state index in [1.807, 2.05) is 23.9 Å². The molecule has 0 spiro atoms. The van der Waals surface area contributed by atoms with E-state index >= 15 is 0 Å². The van der Waals surface area contributed by atoms with Crippen LogP contribution in [0.25, 0.3) is 0 Å². The average molecular weight is 230 g/mol. The average Bonchev–Trinajstić information content (AvgIpc) is 2.06. The molecule has 2 nitrogen and oxygen atoms in total. The highest BCUT2D eigenvalue weighted by atomic mass is 32.2. The zero-order chi connectivity index (χ0) is 10.6. The van der Waals surface area contributed by atoms with Gasteiger partial charge in [0.25, 0.3) is 0 Å². The molecular weight excluding hydrogens is 212 g/mol. The first kappa shape index (κ1) is 11.9. The predicted molar refractivity (Wildman–Crippen MR) is 67.4 cm³/mol. The van der Waals surface area contributed by atoms with E-state index in [1.54, 1.807) is 0 Å². The fourth-order valence-electron chi connectivity index (χ4n) is 0.990. The Bertz CT molecular complexity index is 188. The van der Waals surface area contributed by atoms with Crippen molar-refractivity contribution in [2.75, 3.05) is 0 Å². The quantitative estimate of drug-likeness (QED) is 0.680. The second-order valence-electron chi connectivity index (χ2n) is 3.62. The topological polar surface area (TPSA) is 6.48 Å². The molecule has 0 atom stereocenters. The van der Waals surface area contributed by atoms with Crippen molar-refractivity contribution < 1.29 is 0 Å². The third kappa shape index (κ3) is 4.33. The van der Waals surface area contributed by atoms with Gasteiger partial charge in [0.15, 0.2) is 0 Å². The zero-order valence-corrected chi connectivity index (χ0v) is 10.8. The maximum atomic E-state index is 2.20. The summed E-state index contributed by atoms with van der Waals surface area (Å²) < 4.78 is 4.28. The van der Waals surface area contributed by atoms with Gasteiger partial charge < -0.3 is 0 Å². The lowest BCUT2D eigenvalue weighted by atomic mass is 10.6. The summed E-state index contributed by atoms with van der Waals surface area (Å²) in [5, 5.41) is 1.24. The van der Waals surface area contributed by atoms with Gasteiger partial charge in [0, 0.05) is 35.3 Å². The van der Waals surface area contributed by atoms with Crippen LogP contribution in [0.1, 0.15) is 27.7 Å². The molecule has 0 saturated heterocycles. The molecule has 0 aliphatic carbocycles. The highest BCUT2D eigenvalue weighted by Crippen LogP contribution is 2.24. The summed E-state index contributed by atoms with van der Waals surface area (Å²) in [5.41, 5.74) is 0. The van der Waals surface area contributed by atoms with Crippen molar-refractivity contribution in [3.8, 4) is 0 Å². The molecule has 0 aromatic rings. The van der Waals surface area contributed by atoms with E-state index in [0.717, 1.165) is 0 Å². The molecule has 14 heavy (non-hydrogen) atoms. The molecule has 4 heteroatoms. The minimum atomic E-state index is 0.619. The molecular formula is C10H18N2S2. The van der Waals surface area contributed by atoms with Crippen molar-refractivity contribution in [1.29, 1.82) is 0 Å². The third-order valence-corrected chi connectivity index (χ3v) is 3.20. The molecule has 0 aromatic heterocycles. The first-order valence-corrected chi connectivity index (χ1v) is 6.52. The van der Waals surface area contributed by atoms with E-state index in [2.05, 4.69) is 61.1 Å². The Morgan fingerprint density at radius 2 is 1.00 bits per heavy atom. The predicted octanol–water partition coefficient (Wildman–Crippen LogP) is 3.66. The van der Waals surface area contributed by atoms with Gasteiger partial charge in [-0.2, -0.15) is 0 Å². The Labute approximate surface area is 95.7 Å². The third-order valence-electron chi connectivity index (χ3n) is 1.39. The smallest absolute Gasteiger partial charge is 0.0329 e. The summed E-state index contributed by atoms with van der Waals surface area (Å²) in [6, 6.07) is 0. The first-order valence-electron chi connectivity index (χ1n) is 4.85. The summed E-state index contributed by atoms with van der Waals surface area (Å²) in [4.78, 5) is 0. The summed E-state index contributed by atoms with van der Waals surface area (Å²) in [5.74, 6) is 0. The van der Waals surface area contributed by atoms with Gasteiger partial charge in [-0.15, -0.1) is 0 Å². The summed E-state index contributed by atoms with van der Waals surface area (Å²) >= 11 is 3.64. The van der Waals surface area contributed by atoms with Gasteiger partial charge in [0.2, 0.25) is 0 Å². The van der Waals surface area contributed by atoms with Crippen molar-refractivity contribution in [3.63, 3.8) is 0 Å². The van der Waals surface area contributed by atoms with Crippen LogP contribution in [-0.2, 0) is 0 Å². The summed E-state index contributed by atoms with van der Waals surface area (Å²) in [6.07, 6.45) is 8.39. The molecule has 0 saturated carbocycles. The molecule has 80 valence electrons. The molecule has 0 N–H and O–H groups in total. The zero-order valence-electron chi connectivity index (χ0n) is 9.18. The van der Waals surface area contributed by atoms with Crippen LogP contribution in [0.5, 0.6) is 0 Å². The fraction of sp³-hybridized carbons (Fsp3) is 0.600. The Morgan fingerprint density at radius 3 is 1.21 bits per heavy atom. The minimum absolute atomic E-state index is 0.619. The Kier molecular flexibility index (Phi) is 4.75. The van der Waals surface area contributed by atoms with Crippen LogP contribution in [-0.4, -0.2) is 19.1 Å². The molecule has 0 amide bonds. The van der Waals surface area contributed by atoms with Gasteiger partial charge in [-0.1, -0.05) is 27.7 Å². The minimum Gasteiger partial charge on any atom is -0.296 e. The van der Waals surface area contributed by atoms with E-state index in [-0.39, 0.29) is 0 Å². The monoisotopic (exact) mass is 230 g/mol. The molecule has 1 rings (SSSR count). The number of hydrogen-bond acceptors (Lipinski definition) is 4. The maximum Gasteiger partial charge on any atom is 0.0329 e. The van der Waals surface area contributed by atoms with Gasteiger partial charge in [-0.05, 0) is 23.9 Å². The summed E-state index contributed by atoms with van der Waals surface area (Å²) in [6.45, 7) is 8.78. The summed E-state index contributed by atoms with van der Waals surface area (Å²) in [7, 11) is 0. The highest BCUT2D eigenvalue weighted by molar-refractivity contribution is 7.98. The standard InChI is InChI=1S/C10H18N2S2/c1-9(2)13-11-5-7-12(8-6-11)14-10(3)4/h5-10H,1-4H3. The van der Waals surface area contributed by atoms with E-state index in [9.17, 15) is 0 Å². The van der Waals surface area contributed by atoms with Crippen molar-refractivity contribution in [1.82, 2.24) is 8.61 Å². The maximum absolute atomic E-state index is 2.20.